The Bertz CT molecular complexity index is 623. The van der Waals surface area contributed by atoms with Gasteiger partial charge in [-0.3, -0.25) is 4.79 Å². The fourth-order valence-electron chi connectivity index (χ4n) is 1.82. The van der Waals surface area contributed by atoms with Gasteiger partial charge < -0.3 is 19.6 Å². The first-order valence-corrected chi connectivity index (χ1v) is 6.26. The van der Waals surface area contributed by atoms with Gasteiger partial charge in [-0.2, -0.15) is 0 Å². The van der Waals surface area contributed by atoms with Gasteiger partial charge in [-0.05, 0) is 5.56 Å². The molecule has 0 radical (unpaired) electrons. The van der Waals surface area contributed by atoms with Crippen molar-refractivity contribution in [2.45, 2.75) is 6.54 Å². The number of carbonyl (C=O) groups excluding carboxylic acids is 1. The van der Waals surface area contributed by atoms with Gasteiger partial charge in [0.25, 0.3) is 5.91 Å². The number of benzene rings is 1. The maximum Gasteiger partial charge on any atom is 0.374 e. The summed E-state index contributed by atoms with van der Waals surface area (Å²) in [4.78, 5) is 24.4. The quantitative estimate of drug-likeness (QED) is 0.822. The molecule has 0 atom stereocenters. The van der Waals surface area contributed by atoms with Crippen molar-refractivity contribution in [3.63, 3.8) is 0 Å². The first-order valence-electron chi connectivity index (χ1n) is 6.26. The van der Waals surface area contributed by atoms with Gasteiger partial charge in [0.2, 0.25) is 5.76 Å². The molecule has 2 aromatic rings. The van der Waals surface area contributed by atoms with E-state index in [2.05, 4.69) is 9.68 Å². The summed E-state index contributed by atoms with van der Waals surface area (Å²) in [6.45, 7) is 0.195. The highest BCUT2D eigenvalue weighted by Gasteiger charge is 2.21. The van der Waals surface area contributed by atoms with Crippen molar-refractivity contribution in [2.75, 3.05) is 13.2 Å². The number of aromatic nitrogens is 1. The molecule has 0 fully saturated rings. The van der Waals surface area contributed by atoms with Crippen molar-refractivity contribution < 1.29 is 24.3 Å². The molecule has 7 nitrogen and oxygen atoms in total. The summed E-state index contributed by atoms with van der Waals surface area (Å²) in [7, 11) is 0. The number of carbonyl (C=O) groups is 2. The van der Waals surface area contributed by atoms with Gasteiger partial charge in [0.15, 0.2) is 5.69 Å². The Labute approximate surface area is 120 Å². The average molecular weight is 290 g/mol. The third-order valence-electron chi connectivity index (χ3n) is 2.81. The number of aliphatic hydroxyl groups is 1. The van der Waals surface area contributed by atoms with Gasteiger partial charge in [0.1, 0.15) is 0 Å². The van der Waals surface area contributed by atoms with E-state index in [1.165, 1.54) is 4.90 Å². The van der Waals surface area contributed by atoms with Crippen LogP contribution in [0.25, 0.3) is 0 Å². The summed E-state index contributed by atoms with van der Waals surface area (Å²) >= 11 is 0. The lowest BCUT2D eigenvalue weighted by molar-refractivity contribution is 0.0646. The lowest BCUT2D eigenvalue weighted by Gasteiger charge is -2.20. The van der Waals surface area contributed by atoms with Gasteiger partial charge in [0.05, 0.1) is 6.61 Å². The number of hydrogen-bond acceptors (Lipinski definition) is 5. The van der Waals surface area contributed by atoms with E-state index < -0.39 is 17.6 Å². The van der Waals surface area contributed by atoms with Crippen LogP contribution in [0.1, 0.15) is 26.6 Å². The molecule has 21 heavy (non-hydrogen) atoms. The zero-order chi connectivity index (χ0) is 15.2. The largest absolute Gasteiger partial charge is 0.475 e. The molecule has 0 unspecified atom stereocenters. The highest BCUT2D eigenvalue weighted by atomic mass is 16.5. The van der Waals surface area contributed by atoms with Crippen LogP contribution >= 0.6 is 0 Å². The number of nitrogens with zero attached hydrogens (tertiary/aromatic N) is 2. The number of aliphatic hydroxyl groups excluding tert-OH is 1. The summed E-state index contributed by atoms with van der Waals surface area (Å²) in [6, 6.07) is 10.3. The van der Waals surface area contributed by atoms with E-state index in [9.17, 15) is 9.59 Å². The van der Waals surface area contributed by atoms with Crippen LogP contribution < -0.4 is 0 Å². The van der Waals surface area contributed by atoms with E-state index in [1.54, 1.807) is 0 Å². The molecule has 0 aliphatic carbocycles. The molecule has 1 aromatic heterocycles. The van der Waals surface area contributed by atoms with Crippen molar-refractivity contribution in [3.05, 3.63) is 53.4 Å². The van der Waals surface area contributed by atoms with Gasteiger partial charge >= 0.3 is 5.97 Å². The predicted molar refractivity (Wildman–Crippen MR) is 71.7 cm³/mol. The normalized spacial score (nSPS) is 10.3. The molecule has 2 rings (SSSR count). The van der Waals surface area contributed by atoms with Crippen LogP contribution in [0.2, 0.25) is 0 Å². The molecule has 1 aromatic carbocycles. The maximum absolute atomic E-state index is 12.3. The Balaban J connectivity index is 2.16. The fourth-order valence-corrected chi connectivity index (χ4v) is 1.82. The molecule has 2 N–H and O–H groups in total. The molecular formula is C14H14N2O5. The van der Waals surface area contributed by atoms with Gasteiger partial charge in [-0.15, -0.1) is 0 Å². The number of amides is 1. The third-order valence-corrected chi connectivity index (χ3v) is 2.81. The summed E-state index contributed by atoms with van der Waals surface area (Å²) in [5.74, 6) is -2.19. The van der Waals surface area contributed by atoms with Crippen LogP contribution in [0.5, 0.6) is 0 Å². The Morgan fingerprint density at radius 1 is 1.24 bits per heavy atom. The Kier molecular flexibility index (Phi) is 4.68. The number of carboxylic acid groups (broad SMARTS) is 1. The van der Waals surface area contributed by atoms with E-state index in [0.717, 1.165) is 11.6 Å². The summed E-state index contributed by atoms with van der Waals surface area (Å²) in [5, 5.41) is 21.3. The summed E-state index contributed by atoms with van der Waals surface area (Å²) in [5.41, 5.74) is 0.790. The molecular weight excluding hydrogens is 276 g/mol. The van der Waals surface area contributed by atoms with Gasteiger partial charge in [0, 0.05) is 19.2 Å². The van der Waals surface area contributed by atoms with Gasteiger partial charge in [-0.1, -0.05) is 35.5 Å². The summed E-state index contributed by atoms with van der Waals surface area (Å²) < 4.78 is 4.57. The first kappa shape index (κ1) is 14.7. The standard InChI is InChI=1S/C14H14N2O5/c17-7-6-16(9-10-4-2-1-3-5-10)13(18)11-8-12(14(19)20)21-15-11/h1-5,8,17H,6-7,9H2,(H,19,20). The molecule has 0 bridgehead atoms. The number of hydrogen-bond donors (Lipinski definition) is 2. The molecule has 0 aliphatic rings. The zero-order valence-corrected chi connectivity index (χ0v) is 11.1. The van der Waals surface area contributed by atoms with Crippen molar-refractivity contribution in [1.82, 2.24) is 10.1 Å². The van der Waals surface area contributed by atoms with E-state index >= 15 is 0 Å². The lowest BCUT2D eigenvalue weighted by atomic mass is 10.2. The molecule has 110 valence electrons. The number of aromatic carboxylic acids is 1. The minimum absolute atomic E-state index is 0.100. The second kappa shape index (κ2) is 6.67. The lowest BCUT2D eigenvalue weighted by Crippen LogP contribution is -2.33. The SMILES string of the molecule is O=C(O)c1cc(C(=O)N(CCO)Cc2ccccc2)no1. The molecule has 0 aliphatic heterocycles. The highest BCUT2D eigenvalue weighted by Crippen LogP contribution is 2.11. The number of rotatable bonds is 6. The molecule has 0 spiro atoms. The zero-order valence-electron chi connectivity index (χ0n) is 11.1. The van der Waals surface area contributed by atoms with E-state index in [0.29, 0.717) is 0 Å². The minimum atomic E-state index is -1.29. The van der Waals surface area contributed by atoms with E-state index in [-0.39, 0.29) is 25.4 Å². The van der Waals surface area contributed by atoms with Crippen LogP contribution in [0, 0.1) is 0 Å². The first-order chi connectivity index (χ1) is 10.1. The van der Waals surface area contributed by atoms with Crippen LogP contribution in [0.4, 0.5) is 0 Å². The Hall–Kier alpha value is -2.67. The molecule has 7 heteroatoms. The van der Waals surface area contributed by atoms with Crippen LogP contribution in [-0.2, 0) is 6.54 Å². The fraction of sp³-hybridized carbons (Fsp3) is 0.214. The van der Waals surface area contributed by atoms with Crippen LogP contribution in [0.3, 0.4) is 0 Å². The number of carboxylic acids is 1. The molecule has 0 saturated heterocycles. The van der Waals surface area contributed by atoms with E-state index in [4.69, 9.17) is 10.2 Å². The Morgan fingerprint density at radius 3 is 2.52 bits per heavy atom. The maximum atomic E-state index is 12.3. The van der Waals surface area contributed by atoms with Crippen molar-refractivity contribution in [2.24, 2.45) is 0 Å². The minimum Gasteiger partial charge on any atom is -0.475 e. The predicted octanol–water partition coefficient (Wildman–Crippen LogP) is 1.01. The topological polar surface area (TPSA) is 104 Å². The average Bonchev–Trinajstić information content (AvgIpc) is 2.97. The van der Waals surface area contributed by atoms with Crippen molar-refractivity contribution in [1.29, 1.82) is 0 Å². The van der Waals surface area contributed by atoms with Crippen LogP contribution in [0.15, 0.2) is 40.9 Å². The third kappa shape index (κ3) is 3.67. The smallest absolute Gasteiger partial charge is 0.374 e. The second-order valence-corrected chi connectivity index (χ2v) is 4.32. The monoisotopic (exact) mass is 290 g/mol. The molecule has 0 saturated carbocycles. The second-order valence-electron chi connectivity index (χ2n) is 4.32. The molecule has 1 amide bonds. The molecule has 1 heterocycles. The van der Waals surface area contributed by atoms with Crippen LogP contribution in [-0.4, -0.2) is 45.3 Å². The van der Waals surface area contributed by atoms with Gasteiger partial charge in [-0.25, -0.2) is 4.79 Å². The van der Waals surface area contributed by atoms with E-state index in [1.807, 2.05) is 30.3 Å². The van der Waals surface area contributed by atoms with Crippen molar-refractivity contribution >= 4 is 11.9 Å². The Morgan fingerprint density at radius 2 is 1.95 bits per heavy atom. The highest BCUT2D eigenvalue weighted by molar-refractivity contribution is 5.94. The summed E-state index contributed by atoms with van der Waals surface area (Å²) in [6.07, 6.45) is 0. The van der Waals surface area contributed by atoms with Crippen molar-refractivity contribution in [3.8, 4) is 0 Å².